The highest BCUT2D eigenvalue weighted by molar-refractivity contribution is 6.31. The molecule has 0 radical (unpaired) electrons. The van der Waals surface area contributed by atoms with Crippen molar-refractivity contribution in [1.29, 1.82) is 0 Å². The van der Waals surface area contributed by atoms with Crippen LogP contribution in [0.2, 0.25) is 10.0 Å². The van der Waals surface area contributed by atoms with Gasteiger partial charge in [0.2, 0.25) is 5.91 Å². The second-order valence-corrected chi connectivity index (χ2v) is 12.6. The average Bonchev–Trinajstić information content (AvgIpc) is 3.22. The van der Waals surface area contributed by atoms with Gasteiger partial charge in [-0.1, -0.05) is 42.3 Å². The zero-order valence-corrected chi connectivity index (χ0v) is 25.6. The Bertz CT molecular complexity index is 1560. The van der Waals surface area contributed by atoms with Crippen LogP contribution < -0.4 is 10.1 Å². The van der Waals surface area contributed by atoms with Gasteiger partial charge in [-0.15, -0.1) is 0 Å². The van der Waals surface area contributed by atoms with Gasteiger partial charge < -0.3 is 19.9 Å². The van der Waals surface area contributed by atoms with Gasteiger partial charge in [-0.05, 0) is 86.3 Å². The molecule has 3 aromatic carbocycles. The first-order chi connectivity index (χ1) is 19.8. The molecular weight excluding hydrogens is 580 g/mol. The molecule has 222 valence electrons. The predicted molar refractivity (Wildman–Crippen MR) is 161 cm³/mol. The van der Waals surface area contributed by atoms with E-state index in [4.69, 9.17) is 32.7 Å². The van der Waals surface area contributed by atoms with Gasteiger partial charge in [0.05, 0.1) is 5.41 Å². The second kappa shape index (κ2) is 11.3. The quantitative estimate of drug-likeness (QED) is 0.273. The van der Waals surface area contributed by atoms with Crippen molar-refractivity contribution in [3.05, 3.63) is 92.7 Å². The Hall–Kier alpha value is -2.97. The molecule has 42 heavy (non-hydrogen) atoms. The summed E-state index contributed by atoms with van der Waals surface area (Å²) in [6.45, 7) is 7.12. The summed E-state index contributed by atoms with van der Waals surface area (Å²) in [6, 6.07) is 14.8. The van der Waals surface area contributed by atoms with Crippen LogP contribution >= 0.6 is 23.2 Å². The summed E-state index contributed by atoms with van der Waals surface area (Å²) in [5.41, 5.74) is 0.562. The number of methoxy groups -OCH3 is 1. The number of carbonyl (C=O) groups is 2. The maximum Gasteiger partial charge on any atom is 0.236 e. The maximum absolute atomic E-state index is 14.9. The van der Waals surface area contributed by atoms with Crippen LogP contribution in [0.1, 0.15) is 67.7 Å². The number of halogens is 3. The molecule has 1 heterocycles. The topological polar surface area (TPSA) is 84.9 Å². The number of amides is 1. The van der Waals surface area contributed by atoms with Crippen LogP contribution in [0, 0.1) is 18.7 Å². The largest absolute Gasteiger partial charge is 0.482 e. The van der Waals surface area contributed by atoms with Gasteiger partial charge in [-0.25, -0.2) is 4.39 Å². The highest BCUT2D eigenvalue weighted by Gasteiger charge is 2.64. The van der Waals surface area contributed by atoms with E-state index in [2.05, 4.69) is 5.32 Å². The molecule has 5 unspecified atom stereocenters. The van der Waals surface area contributed by atoms with Crippen molar-refractivity contribution in [3.63, 3.8) is 0 Å². The van der Waals surface area contributed by atoms with E-state index in [9.17, 15) is 19.1 Å². The van der Waals surface area contributed by atoms with Crippen molar-refractivity contribution >= 4 is 40.6 Å². The molecule has 1 saturated carbocycles. The fraction of sp³-hybridized carbons (Fsp3) is 0.394. The van der Waals surface area contributed by atoms with E-state index in [1.165, 1.54) is 19.2 Å². The molecule has 1 spiro atoms. The van der Waals surface area contributed by atoms with Crippen LogP contribution in [-0.2, 0) is 19.7 Å². The molecule has 3 aromatic rings. The molecular formula is C33H34Cl2FNO5. The van der Waals surface area contributed by atoms with Gasteiger partial charge >= 0.3 is 0 Å². The molecule has 1 fully saturated rings. The highest BCUT2D eigenvalue weighted by Crippen LogP contribution is 2.63. The number of ether oxygens (including phenoxy) is 2. The lowest BCUT2D eigenvalue weighted by Crippen LogP contribution is -2.54. The number of aliphatic hydroxyl groups excluding tert-OH is 1. The normalized spacial score (nSPS) is 24.5. The fourth-order valence-corrected chi connectivity index (χ4v) is 7.30. The van der Waals surface area contributed by atoms with Crippen molar-refractivity contribution < 1.29 is 28.6 Å². The summed E-state index contributed by atoms with van der Waals surface area (Å²) >= 11 is 12.9. The minimum Gasteiger partial charge on any atom is -0.482 e. The molecule has 0 saturated heterocycles. The summed E-state index contributed by atoms with van der Waals surface area (Å²) in [6.07, 6.45) is -0.799. The first-order valence-electron chi connectivity index (χ1n) is 13.9. The van der Waals surface area contributed by atoms with E-state index in [1.54, 1.807) is 50.2 Å². The summed E-state index contributed by atoms with van der Waals surface area (Å²) in [4.78, 5) is 28.7. The number of carbonyl (C=O) groups excluding carboxylic acids is 2. The van der Waals surface area contributed by atoms with Crippen LogP contribution in [0.25, 0.3) is 0 Å². The number of benzene rings is 3. The van der Waals surface area contributed by atoms with E-state index < -0.39 is 40.9 Å². The molecule has 1 aliphatic heterocycles. The van der Waals surface area contributed by atoms with E-state index in [-0.39, 0.29) is 18.1 Å². The number of anilines is 1. The van der Waals surface area contributed by atoms with Gasteiger partial charge in [0.15, 0.2) is 11.9 Å². The first-order valence-corrected chi connectivity index (χ1v) is 14.7. The van der Waals surface area contributed by atoms with E-state index in [0.29, 0.717) is 44.6 Å². The van der Waals surface area contributed by atoms with Crippen LogP contribution in [0.3, 0.4) is 0 Å². The standard InChI is InChI=1S/C33H34Cl2FNO5/c1-6-21-27(38)16-25(23-13-18(34)9-12-28(23)42-32(3,4)31(40)41-5)33(29(21)22-15-20(36)10-7-17(22)2)24-11-8-19(35)14-26(24)37-30(33)39/h7-15,21,25,29,31,40H,6,16H2,1-5H3,(H,37,39). The summed E-state index contributed by atoms with van der Waals surface area (Å²) in [5.74, 6) is -2.50. The van der Waals surface area contributed by atoms with Crippen LogP contribution in [-0.4, -0.2) is 35.8 Å². The second-order valence-electron chi connectivity index (χ2n) is 11.7. The molecule has 5 atom stereocenters. The number of Topliss-reactive ketones (excluding diaryl/α,β-unsaturated/α-hetero) is 1. The van der Waals surface area contributed by atoms with Crippen LogP contribution in [0.5, 0.6) is 5.75 Å². The smallest absolute Gasteiger partial charge is 0.236 e. The van der Waals surface area contributed by atoms with Crippen molar-refractivity contribution in [2.75, 3.05) is 12.4 Å². The van der Waals surface area contributed by atoms with Gasteiger partial charge in [0.25, 0.3) is 0 Å². The number of aryl methyl sites for hydroxylation is 1. The van der Waals surface area contributed by atoms with E-state index in [1.807, 2.05) is 19.9 Å². The van der Waals surface area contributed by atoms with E-state index >= 15 is 0 Å². The minimum atomic E-state index is -1.35. The predicted octanol–water partition coefficient (Wildman–Crippen LogP) is 7.32. The van der Waals surface area contributed by atoms with Crippen molar-refractivity contribution in [2.24, 2.45) is 5.92 Å². The number of nitrogens with one attached hydrogen (secondary N) is 1. The molecule has 2 aliphatic rings. The van der Waals surface area contributed by atoms with Gasteiger partial charge in [0.1, 0.15) is 17.3 Å². The zero-order valence-electron chi connectivity index (χ0n) is 24.1. The molecule has 1 amide bonds. The Kier molecular flexibility index (Phi) is 8.18. The van der Waals surface area contributed by atoms with Crippen LogP contribution in [0.15, 0.2) is 54.6 Å². The molecule has 1 aliphatic carbocycles. The third-order valence-corrected chi connectivity index (χ3v) is 9.34. The number of rotatable bonds is 7. The van der Waals surface area contributed by atoms with E-state index in [0.717, 1.165) is 5.56 Å². The fourth-order valence-electron chi connectivity index (χ4n) is 6.95. The van der Waals surface area contributed by atoms with Crippen molar-refractivity contribution in [1.82, 2.24) is 0 Å². The Morgan fingerprint density at radius 2 is 1.76 bits per heavy atom. The number of ketones is 1. The third-order valence-electron chi connectivity index (χ3n) is 8.87. The van der Waals surface area contributed by atoms with Gasteiger partial charge in [-0.2, -0.15) is 0 Å². The molecule has 9 heteroatoms. The molecule has 0 bridgehead atoms. The number of hydrogen-bond donors (Lipinski definition) is 2. The lowest BCUT2D eigenvalue weighted by Gasteiger charge is -2.50. The Morgan fingerprint density at radius 3 is 2.45 bits per heavy atom. The zero-order chi connectivity index (χ0) is 30.6. The highest BCUT2D eigenvalue weighted by atomic mass is 35.5. The van der Waals surface area contributed by atoms with Gasteiger partial charge in [0, 0.05) is 52.6 Å². The number of hydrogen-bond acceptors (Lipinski definition) is 5. The monoisotopic (exact) mass is 613 g/mol. The molecule has 2 N–H and O–H groups in total. The number of fused-ring (bicyclic) bond motifs is 2. The minimum absolute atomic E-state index is 0.0167. The van der Waals surface area contributed by atoms with Gasteiger partial charge in [-0.3, -0.25) is 9.59 Å². The lowest BCUT2D eigenvalue weighted by molar-refractivity contribution is -0.173. The Balaban J connectivity index is 1.85. The van der Waals surface area contributed by atoms with Crippen LogP contribution in [0.4, 0.5) is 10.1 Å². The average molecular weight is 615 g/mol. The Morgan fingerprint density at radius 1 is 1.07 bits per heavy atom. The maximum atomic E-state index is 14.9. The van der Waals surface area contributed by atoms with Crippen molar-refractivity contribution in [2.45, 2.75) is 69.7 Å². The summed E-state index contributed by atoms with van der Waals surface area (Å²) < 4.78 is 26.4. The molecule has 6 nitrogen and oxygen atoms in total. The third kappa shape index (κ3) is 4.90. The summed E-state index contributed by atoms with van der Waals surface area (Å²) in [7, 11) is 1.37. The number of aliphatic hydroxyl groups is 1. The molecule has 5 rings (SSSR count). The molecule has 0 aromatic heterocycles. The Labute approximate surface area is 255 Å². The summed E-state index contributed by atoms with van der Waals surface area (Å²) in [5, 5.41) is 14.4. The first kappa shape index (κ1) is 30.5. The lowest BCUT2D eigenvalue weighted by atomic mass is 9.50. The van der Waals surface area contributed by atoms with Crippen molar-refractivity contribution in [3.8, 4) is 5.75 Å². The SMILES string of the molecule is CCC1C(=O)CC(c2cc(Cl)ccc2OC(C)(C)C(O)OC)C2(C(=O)Nc3cc(Cl)ccc32)C1c1cc(F)ccc1C.